The summed E-state index contributed by atoms with van der Waals surface area (Å²) in [5, 5.41) is 0. The molecule has 0 aliphatic carbocycles. The topological polar surface area (TPSA) is 29.5 Å². The second-order valence-corrected chi connectivity index (χ2v) is 1.97. The molecule has 0 bridgehead atoms. The van der Waals surface area contributed by atoms with Gasteiger partial charge in [-0.05, 0) is 0 Å². The van der Waals surface area contributed by atoms with Crippen molar-refractivity contribution in [1.29, 1.82) is 0 Å². The summed E-state index contributed by atoms with van der Waals surface area (Å²) in [7, 11) is 0. The Bertz CT molecular complexity index is 142. The van der Waals surface area contributed by atoms with E-state index in [-0.39, 0.29) is 6.61 Å². The SMILES string of the molecule is O=C1OCC(CF)N1CF. The largest absolute Gasteiger partial charge is 0.447 e. The van der Waals surface area contributed by atoms with Crippen molar-refractivity contribution in [1.82, 2.24) is 4.90 Å². The number of hydrogen-bond donors (Lipinski definition) is 0. The lowest BCUT2D eigenvalue weighted by molar-refractivity contribution is 0.139. The molecule has 10 heavy (non-hydrogen) atoms. The van der Waals surface area contributed by atoms with Crippen molar-refractivity contribution in [3.05, 3.63) is 0 Å². The fraction of sp³-hybridized carbons (Fsp3) is 0.800. The summed E-state index contributed by atoms with van der Waals surface area (Å²) in [4.78, 5) is 11.2. The highest BCUT2D eigenvalue weighted by atomic mass is 19.1. The quantitative estimate of drug-likeness (QED) is 0.544. The van der Waals surface area contributed by atoms with E-state index >= 15 is 0 Å². The van der Waals surface area contributed by atoms with Gasteiger partial charge >= 0.3 is 6.09 Å². The number of amides is 1. The Kier molecular flexibility index (Phi) is 2.03. The van der Waals surface area contributed by atoms with E-state index in [9.17, 15) is 13.6 Å². The summed E-state index contributed by atoms with van der Waals surface area (Å²) in [5.41, 5.74) is 0. The zero-order chi connectivity index (χ0) is 7.56. The maximum atomic E-state index is 11.9. The monoisotopic (exact) mass is 151 g/mol. The fourth-order valence-corrected chi connectivity index (χ4v) is 0.764. The average Bonchev–Trinajstić information content (AvgIpc) is 2.30. The zero-order valence-electron chi connectivity index (χ0n) is 5.22. The molecule has 1 fully saturated rings. The van der Waals surface area contributed by atoms with Crippen LogP contribution in [-0.2, 0) is 4.74 Å². The highest BCUT2D eigenvalue weighted by molar-refractivity contribution is 5.69. The van der Waals surface area contributed by atoms with Crippen LogP contribution in [0.3, 0.4) is 0 Å². The molecule has 0 aromatic heterocycles. The van der Waals surface area contributed by atoms with Crippen molar-refractivity contribution in [2.75, 3.05) is 20.1 Å². The lowest BCUT2D eigenvalue weighted by Crippen LogP contribution is -2.34. The second kappa shape index (κ2) is 2.81. The molecule has 58 valence electrons. The Morgan fingerprint density at radius 3 is 2.80 bits per heavy atom. The van der Waals surface area contributed by atoms with Crippen LogP contribution in [0, 0.1) is 0 Å². The van der Waals surface area contributed by atoms with Crippen LogP contribution in [0.2, 0.25) is 0 Å². The molecule has 0 N–H and O–H groups in total. The fourth-order valence-electron chi connectivity index (χ4n) is 0.764. The first-order chi connectivity index (χ1) is 4.79. The maximum absolute atomic E-state index is 11.9. The number of hydrogen-bond acceptors (Lipinski definition) is 2. The molecule has 0 spiro atoms. The molecule has 0 aromatic rings. The molecule has 1 heterocycles. The van der Waals surface area contributed by atoms with Gasteiger partial charge in [-0.25, -0.2) is 13.6 Å². The molecule has 1 saturated heterocycles. The molecule has 1 atom stereocenters. The third-order valence-corrected chi connectivity index (χ3v) is 1.38. The molecule has 1 aliphatic heterocycles. The highest BCUT2D eigenvalue weighted by Crippen LogP contribution is 2.11. The van der Waals surface area contributed by atoms with Crippen LogP contribution in [0.25, 0.3) is 0 Å². The van der Waals surface area contributed by atoms with Crippen molar-refractivity contribution >= 4 is 6.09 Å². The van der Waals surface area contributed by atoms with Gasteiger partial charge in [0.15, 0.2) is 6.80 Å². The summed E-state index contributed by atoms with van der Waals surface area (Å²) in [6.45, 7) is -1.78. The first-order valence-electron chi connectivity index (χ1n) is 2.85. The molecule has 5 heteroatoms. The number of carbonyl (C=O) groups excluding carboxylic acids is 1. The molecule has 1 amide bonds. The van der Waals surface area contributed by atoms with Crippen LogP contribution in [0.1, 0.15) is 0 Å². The van der Waals surface area contributed by atoms with Crippen molar-refractivity contribution in [3.8, 4) is 0 Å². The molecule has 0 aromatic carbocycles. The van der Waals surface area contributed by atoms with Crippen molar-refractivity contribution < 1.29 is 18.3 Å². The first-order valence-corrected chi connectivity index (χ1v) is 2.85. The minimum absolute atomic E-state index is 0.0424. The van der Waals surface area contributed by atoms with E-state index in [0.29, 0.717) is 0 Å². The van der Waals surface area contributed by atoms with Crippen LogP contribution >= 0.6 is 0 Å². The number of rotatable bonds is 2. The van der Waals surface area contributed by atoms with E-state index < -0.39 is 25.6 Å². The van der Waals surface area contributed by atoms with Gasteiger partial charge in [0.2, 0.25) is 0 Å². The normalized spacial score (nSPS) is 25.2. The molecule has 0 radical (unpaired) electrons. The first kappa shape index (κ1) is 7.24. The van der Waals surface area contributed by atoms with Crippen molar-refractivity contribution in [3.63, 3.8) is 0 Å². The third-order valence-electron chi connectivity index (χ3n) is 1.38. The summed E-state index contributed by atoms with van der Waals surface area (Å²) < 4.78 is 28.1. The lowest BCUT2D eigenvalue weighted by atomic mass is 10.3. The lowest BCUT2D eigenvalue weighted by Gasteiger charge is -2.12. The minimum Gasteiger partial charge on any atom is -0.447 e. The summed E-state index contributed by atoms with van der Waals surface area (Å²) in [5.74, 6) is 0. The zero-order valence-corrected chi connectivity index (χ0v) is 5.22. The van der Waals surface area contributed by atoms with Crippen LogP contribution in [0.5, 0.6) is 0 Å². The summed E-state index contributed by atoms with van der Waals surface area (Å²) in [6, 6.07) is -0.725. The number of carbonyl (C=O) groups is 1. The third kappa shape index (κ3) is 1.03. The Morgan fingerprint density at radius 1 is 1.70 bits per heavy atom. The molecule has 1 unspecified atom stereocenters. The Balaban J connectivity index is 2.54. The van der Waals surface area contributed by atoms with E-state index in [0.717, 1.165) is 4.90 Å². The van der Waals surface area contributed by atoms with E-state index in [1.165, 1.54) is 0 Å². The van der Waals surface area contributed by atoms with E-state index in [4.69, 9.17) is 0 Å². The van der Waals surface area contributed by atoms with Gasteiger partial charge in [0.1, 0.15) is 19.3 Å². The van der Waals surface area contributed by atoms with E-state index in [2.05, 4.69) is 4.74 Å². The van der Waals surface area contributed by atoms with Crippen molar-refractivity contribution in [2.24, 2.45) is 0 Å². The maximum Gasteiger partial charge on any atom is 0.412 e. The average molecular weight is 151 g/mol. The van der Waals surface area contributed by atoms with Crippen LogP contribution in [-0.4, -0.2) is 37.1 Å². The standard InChI is InChI=1S/C5H7F2NO2/c6-1-4-2-10-5(9)8(4)3-7/h4H,1-3H2. The number of alkyl halides is 2. The van der Waals surface area contributed by atoms with Gasteiger partial charge in [0, 0.05) is 0 Å². The van der Waals surface area contributed by atoms with Gasteiger partial charge in [-0.1, -0.05) is 0 Å². The van der Waals surface area contributed by atoms with Crippen LogP contribution < -0.4 is 0 Å². The van der Waals surface area contributed by atoms with Gasteiger partial charge in [-0.3, -0.25) is 4.90 Å². The Morgan fingerprint density at radius 2 is 2.40 bits per heavy atom. The van der Waals surface area contributed by atoms with Gasteiger partial charge < -0.3 is 4.74 Å². The van der Waals surface area contributed by atoms with Gasteiger partial charge in [-0.15, -0.1) is 0 Å². The molecule has 3 nitrogen and oxygen atoms in total. The second-order valence-electron chi connectivity index (χ2n) is 1.97. The highest BCUT2D eigenvalue weighted by Gasteiger charge is 2.32. The van der Waals surface area contributed by atoms with Crippen LogP contribution in [0.15, 0.2) is 0 Å². The van der Waals surface area contributed by atoms with Crippen LogP contribution in [0.4, 0.5) is 13.6 Å². The van der Waals surface area contributed by atoms with E-state index in [1.807, 2.05) is 0 Å². The number of halogens is 2. The predicted octanol–water partition coefficient (Wildman–Crippen LogP) is 0.704. The summed E-state index contributed by atoms with van der Waals surface area (Å²) in [6.07, 6.45) is -0.773. The Hall–Kier alpha value is -0.870. The van der Waals surface area contributed by atoms with Gasteiger partial charge in [0.25, 0.3) is 0 Å². The molecule has 1 aliphatic rings. The molecular weight excluding hydrogens is 144 g/mol. The predicted molar refractivity (Wildman–Crippen MR) is 28.9 cm³/mol. The molecule has 0 saturated carbocycles. The molecule has 1 rings (SSSR count). The molecular formula is C5H7F2NO2. The minimum atomic E-state index is -0.979. The number of nitrogens with zero attached hydrogens (tertiary/aromatic N) is 1. The van der Waals surface area contributed by atoms with Gasteiger partial charge in [0.05, 0.1) is 0 Å². The van der Waals surface area contributed by atoms with Crippen molar-refractivity contribution in [2.45, 2.75) is 6.04 Å². The number of cyclic esters (lactones) is 1. The summed E-state index contributed by atoms with van der Waals surface area (Å²) >= 11 is 0. The number of ether oxygens (including phenoxy) is 1. The van der Waals surface area contributed by atoms with E-state index in [1.54, 1.807) is 0 Å². The Labute approximate surface area is 56.6 Å². The smallest absolute Gasteiger partial charge is 0.412 e. The van der Waals surface area contributed by atoms with Gasteiger partial charge in [-0.2, -0.15) is 0 Å².